The van der Waals surface area contributed by atoms with Crippen LogP contribution in [0.1, 0.15) is 25.8 Å². The number of hydrogen-bond donors (Lipinski definition) is 1. The highest BCUT2D eigenvalue weighted by atomic mass is 19.4. The van der Waals surface area contributed by atoms with Gasteiger partial charge in [0.2, 0.25) is 0 Å². The monoisotopic (exact) mass is 285 g/mol. The summed E-state index contributed by atoms with van der Waals surface area (Å²) in [5.74, 6) is 0. The molecule has 0 fully saturated rings. The average molecular weight is 285 g/mol. The number of alkyl halides is 3. The van der Waals surface area contributed by atoms with E-state index in [0.29, 0.717) is 0 Å². The maximum atomic E-state index is 12.9. The third kappa shape index (κ3) is 2.89. The topological polar surface area (TPSA) is 28.2 Å². The molecule has 0 saturated heterocycles. The van der Waals surface area contributed by atoms with E-state index in [4.69, 9.17) is 0 Å². The van der Waals surface area contributed by atoms with Crippen molar-refractivity contribution < 1.29 is 13.2 Å². The van der Waals surface area contributed by atoms with E-state index in [9.17, 15) is 13.2 Å². The third-order valence-electron chi connectivity index (χ3n) is 3.88. The lowest BCUT2D eigenvalue weighted by molar-refractivity contribution is -0.137. The average Bonchev–Trinajstić information content (AvgIpc) is 2.39. The van der Waals surface area contributed by atoms with Crippen molar-refractivity contribution in [2.45, 2.75) is 32.5 Å². The molecular formula is C14H18F3N3. The fourth-order valence-electron chi connectivity index (χ4n) is 2.37. The summed E-state index contributed by atoms with van der Waals surface area (Å²) >= 11 is 0. The van der Waals surface area contributed by atoms with Crippen molar-refractivity contribution in [2.24, 2.45) is 0 Å². The van der Waals surface area contributed by atoms with Crippen LogP contribution in [0.2, 0.25) is 0 Å². The Bertz CT molecular complexity index is 523. The first kappa shape index (κ1) is 14.7. The largest absolute Gasteiger partial charge is 0.419 e. The second-order valence-electron chi connectivity index (χ2n) is 5.09. The Morgan fingerprint density at radius 3 is 2.70 bits per heavy atom. The molecule has 1 aliphatic heterocycles. The van der Waals surface area contributed by atoms with Crippen LogP contribution < -0.4 is 5.32 Å². The first-order valence-corrected chi connectivity index (χ1v) is 6.47. The molecule has 2 rings (SSSR count). The van der Waals surface area contributed by atoms with Crippen LogP contribution >= 0.6 is 0 Å². The van der Waals surface area contributed by atoms with Gasteiger partial charge >= 0.3 is 6.18 Å². The molecule has 1 atom stereocenters. The lowest BCUT2D eigenvalue weighted by Crippen LogP contribution is -2.35. The van der Waals surface area contributed by atoms with Crippen LogP contribution in [0.4, 0.5) is 18.9 Å². The Hall–Kier alpha value is -1.72. The zero-order chi connectivity index (χ0) is 14.9. The van der Waals surface area contributed by atoms with Crippen LogP contribution in [0.25, 0.3) is 0 Å². The number of rotatable bonds is 2. The molecular weight excluding hydrogens is 267 g/mol. The van der Waals surface area contributed by atoms with Gasteiger partial charge in [-0.15, -0.1) is 0 Å². The van der Waals surface area contributed by atoms with Crippen molar-refractivity contribution in [3.63, 3.8) is 0 Å². The summed E-state index contributed by atoms with van der Waals surface area (Å²) in [5, 5.41) is 3.01. The van der Waals surface area contributed by atoms with Crippen molar-refractivity contribution in [1.82, 2.24) is 9.88 Å². The SMILES string of the molecule is CC1=C(C)N(C)CCC1Nc1ccncc1C(F)(F)F. The zero-order valence-electron chi connectivity index (χ0n) is 11.8. The molecule has 0 aromatic carbocycles. The predicted octanol–water partition coefficient (Wildman–Crippen LogP) is 3.51. The lowest BCUT2D eigenvalue weighted by atomic mass is 9.98. The molecule has 110 valence electrons. The molecule has 1 aromatic heterocycles. The lowest BCUT2D eigenvalue weighted by Gasteiger charge is -2.34. The Morgan fingerprint density at radius 2 is 2.05 bits per heavy atom. The van der Waals surface area contributed by atoms with Gasteiger partial charge in [0.25, 0.3) is 0 Å². The number of aromatic nitrogens is 1. The van der Waals surface area contributed by atoms with Crippen molar-refractivity contribution in [3.05, 3.63) is 35.3 Å². The molecule has 1 aromatic rings. The van der Waals surface area contributed by atoms with Gasteiger partial charge in [0.1, 0.15) is 0 Å². The molecule has 20 heavy (non-hydrogen) atoms. The predicted molar refractivity (Wildman–Crippen MR) is 72.3 cm³/mol. The number of hydrogen-bond acceptors (Lipinski definition) is 3. The van der Waals surface area contributed by atoms with Crippen LogP contribution in [0.5, 0.6) is 0 Å². The van der Waals surface area contributed by atoms with Gasteiger partial charge in [0.05, 0.1) is 11.6 Å². The van der Waals surface area contributed by atoms with E-state index < -0.39 is 11.7 Å². The summed E-state index contributed by atoms with van der Waals surface area (Å²) in [4.78, 5) is 5.69. The molecule has 0 spiro atoms. The second-order valence-corrected chi connectivity index (χ2v) is 5.09. The summed E-state index contributed by atoms with van der Waals surface area (Å²) in [6.45, 7) is 4.77. The highest BCUT2D eigenvalue weighted by molar-refractivity contribution is 5.53. The molecule has 3 nitrogen and oxygen atoms in total. The Labute approximate surface area is 116 Å². The highest BCUT2D eigenvalue weighted by Crippen LogP contribution is 2.35. The summed E-state index contributed by atoms with van der Waals surface area (Å²) < 4.78 is 38.8. The van der Waals surface area contributed by atoms with Crippen LogP contribution in [-0.4, -0.2) is 29.5 Å². The highest BCUT2D eigenvalue weighted by Gasteiger charge is 2.34. The van der Waals surface area contributed by atoms with E-state index in [0.717, 1.165) is 30.4 Å². The van der Waals surface area contributed by atoms with Crippen LogP contribution in [0.15, 0.2) is 29.7 Å². The molecule has 6 heteroatoms. The molecule has 1 aliphatic rings. The van der Waals surface area contributed by atoms with E-state index >= 15 is 0 Å². The Balaban J connectivity index is 2.28. The molecule has 0 bridgehead atoms. The quantitative estimate of drug-likeness (QED) is 0.901. The molecule has 2 heterocycles. The summed E-state index contributed by atoms with van der Waals surface area (Å²) in [6.07, 6.45) is -1.38. The van der Waals surface area contributed by atoms with Gasteiger partial charge in [-0.2, -0.15) is 13.2 Å². The van der Waals surface area contributed by atoms with E-state index in [-0.39, 0.29) is 11.7 Å². The number of nitrogens with zero attached hydrogens (tertiary/aromatic N) is 2. The minimum absolute atomic E-state index is 0.0744. The molecule has 0 aliphatic carbocycles. The number of anilines is 1. The van der Waals surface area contributed by atoms with Crippen molar-refractivity contribution in [2.75, 3.05) is 18.9 Å². The van der Waals surface area contributed by atoms with Gasteiger partial charge in [-0.25, -0.2) is 0 Å². The van der Waals surface area contributed by atoms with E-state index in [2.05, 4.69) is 15.2 Å². The fourth-order valence-corrected chi connectivity index (χ4v) is 2.37. The van der Waals surface area contributed by atoms with Gasteiger partial charge in [-0.1, -0.05) is 0 Å². The first-order chi connectivity index (χ1) is 9.30. The van der Waals surface area contributed by atoms with Crippen molar-refractivity contribution >= 4 is 5.69 Å². The van der Waals surface area contributed by atoms with Crippen molar-refractivity contribution in [3.8, 4) is 0 Å². The number of halogens is 3. The van der Waals surface area contributed by atoms with Crippen LogP contribution in [0, 0.1) is 0 Å². The summed E-state index contributed by atoms with van der Waals surface area (Å²) in [5.41, 5.74) is 1.55. The molecule has 1 N–H and O–H groups in total. The van der Waals surface area contributed by atoms with E-state index in [1.807, 2.05) is 20.9 Å². The normalized spacial score (nSPS) is 20.3. The minimum atomic E-state index is -4.39. The van der Waals surface area contributed by atoms with Gasteiger partial charge in [-0.3, -0.25) is 4.98 Å². The number of nitrogens with one attached hydrogen (secondary N) is 1. The maximum Gasteiger partial charge on any atom is 0.419 e. The summed E-state index contributed by atoms with van der Waals surface area (Å²) in [7, 11) is 1.99. The van der Waals surface area contributed by atoms with Gasteiger partial charge in [-0.05, 0) is 31.9 Å². The van der Waals surface area contributed by atoms with E-state index in [1.165, 1.54) is 12.3 Å². The van der Waals surface area contributed by atoms with Gasteiger partial charge in [0, 0.05) is 37.4 Å². The van der Waals surface area contributed by atoms with E-state index in [1.54, 1.807) is 0 Å². The molecule has 0 saturated carbocycles. The number of allylic oxidation sites excluding steroid dienone is 1. The van der Waals surface area contributed by atoms with Crippen LogP contribution in [-0.2, 0) is 6.18 Å². The van der Waals surface area contributed by atoms with Crippen LogP contribution in [0.3, 0.4) is 0 Å². The fraction of sp³-hybridized carbons (Fsp3) is 0.500. The number of pyridine rings is 1. The first-order valence-electron chi connectivity index (χ1n) is 6.47. The van der Waals surface area contributed by atoms with Gasteiger partial charge in [0.15, 0.2) is 0 Å². The minimum Gasteiger partial charge on any atom is -0.378 e. The zero-order valence-corrected chi connectivity index (χ0v) is 11.8. The molecule has 0 radical (unpaired) electrons. The molecule has 0 amide bonds. The molecule has 1 unspecified atom stereocenters. The second kappa shape index (κ2) is 5.34. The van der Waals surface area contributed by atoms with Crippen molar-refractivity contribution in [1.29, 1.82) is 0 Å². The Kier molecular flexibility index (Phi) is 3.92. The maximum absolute atomic E-state index is 12.9. The Morgan fingerprint density at radius 1 is 1.35 bits per heavy atom. The van der Waals surface area contributed by atoms with Gasteiger partial charge < -0.3 is 10.2 Å². The third-order valence-corrected chi connectivity index (χ3v) is 3.88. The summed E-state index contributed by atoms with van der Waals surface area (Å²) in [6, 6.07) is 1.30. The smallest absolute Gasteiger partial charge is 0.378 e. The standard InChI is InChI=1S/C14H18F3N3/c1-9-10(2)20(3)7-5-12(9)19-13-4-6-18-8-11(13)14(15,16)17/h4,6,8,12H,5,7H2,1-3H3,(H,18,19).